The molecule has 3 atom stereocenters. The number of hydrogen-bond acceptors (Lipinski definition) is 4. The van der Waals surface area contributed by atoms with Gasteiger partial charge in [0.2, 0.25) is 17.3 Å². The topological polar surface area (TPSA) is 84.7 Å². The molecule has 4 saturated heterocycles. The van der Waals surface area contributed by atoms with E-state index < -0.39 is 22.1 Å². The molecule has 1 aromatic carbocycles. The molecule has 0 saturated carbocycles. The van der Waals surface area contributed by atoms with Gasteiger partial charge >= 0.3 is 0 Å². The van der Waals surface area contributed by atoms with Crippen molar-refractivity contribution >= 4 is 34.9 Å². The van der Waals surface area contributed by atoms with E-state index in [0.717, 1.165) is 27.9 Å². The van der Waals surface area contributed by atoms with Crippen molar-refractivity contribution in [3.05, 3.63) is 40.6 Å². The zero-order chi connectivity index (χ0) is 23.1. The number of fused-ring (bicyclic) bond motifs is 6. The van der Waals surface area contributed by atoms with Crippen molar-refractivity contribution in [3.8, 4) is 5.75 Å². The van der Waals surface area contributed by atoms with Crippen molar-refractivity contribution in [1.82, 2.24) is 10.2 Å². The monoisotopic (exact) mass is 445 g/mol. The fraction of sp³-hybridized carbons (Fsp3) is 0.500. The van der Waals surface area contributed by atoms with Crippen molar-refractivity contribution in [3.63, 3.8) is 0 Å². The Bertz CT molecular complexity index is 1300. The number of ether oxygens (including phenoxy) is 1. The summed E-state index contributed by atoms with van der Waals surface area (Å²) in [5.41, 5.74) is 0.613. The lowest BCUT2D eigenvalue weighted by Gasteiger charge is -2.62. The summed E-state index contributed by atoms with van der Waals surface area (Å²) in [6, 6.07) is 3.82. The highest BCUT2D eigenvalue weighted by molar-refractivity contribution is 6.30. The van der Waals surface area contributed by atoms with Crippen LogP contribution >= 0.6 is 0 Å². The van der Waals surface area contributed by atoms with Gasteiger partial charge in [0.05, 0.1) is 22.1 Å². The van der Waals surface area contributed by atoms with E-state index >= 15 is 0 Å². The number of amides is 2. The summed E-state index contributed by atoms with van der Waals surface area (Å²) in [6.07, 6.45) is 7.93. The summed E-state index contributed by atoms with van der Waals surface area (Å²) in [7, 11) is 0. The van der Waals surface area contributed by atoms with E-state index in [1.165, 1.54) is 0 Å². The van der Waals surface area contributed by atoms with Gasteiger partial charge < -0.3 is 20.2 Å². The first-order valence-corrected chi connectivity index (χ1v) is 11.8. The van der Waals surface area contributed by atoms with Crippen LogP contribution in [-0.4, -0.2) is 50.4 Å². The van der Waals surface area contributed by atoms with Crippen molar-refractivity contribution in [2.24, 2.45) is 11.3 Å². The molecule has 1 aliphatic carbocycles. The summed E-state index contributed by atoms with van der Waals surface area (Å²) in [4.78, 5) is 29.0. The summed E-state index contributed by atoms with van der Waals surface area (Å²) < 4.78 is 7.18. The van der Waals surface area contributed by atoms with Crippen molar-refractivity contribution in [2.45, 2.75) is 63.6 Å². The van der Waals surface area contributed by atoms with Crippen LogP contribution in [0.1, 0.15) is 58.1 Å². The fourth-order valence-electron chi connectivity index (χ4n) is 7.43. The molecule has 1 N–H and O–H groups in total. The Morgan fingerprint density at radius 2 is 2.00 bits per heavy atom. The maximum atomic E-state index is 13.9. The van der Waals surface area contributed by atoms with Gasteiger partial charge in [0.1, 0.15) is 22.4 Å². The zero-order valence-corrected chi connectivity index (χ0v) is 19.3. The number of rotatable bonds is 0. The number of carbonyl (C=O) groups is 2. The SMILES string of the molecule is CC1(C)C=Cc2c(ccc3c2[N+]([O-])=C2C3=C[C@@]34NC(=O)[C@]5(CCCN5C3=O)C[C@H]4C2(C)C)O1. The highest BCUT2D eigenvalue weighted by atomic mass is 16.5. The number of piperidine rings is 2. The van der Waals surface area contributed by atoms with Crippen LogP contribution in [-0.2, 0) is 9.59 Å². The average molecular weight is 446 g/mol. The molecule has 7 nitrogen and oxygen atoms in total. The molecule has 33 heavy (non-hydrogen) atoms. The van der Waals surface area contributed by atoms with E-state index in [-0.39, 0.29) is 17.7 Å². The molecule has 2 spiro atoms. The third kappa shape index (κ3) is 1.98. The van der Waals surface area contributed by atoms with Crippen LogP contribution in [0.4, 0.5) is 5.69 Å². The zero-order valence-electron chi connectivity index (χ0n) is 19.3. The quantitative estimate of drug-likeness (QED) is 0.491. The third-order valence-corrected chi connectivity index (χ3v) is 8.93. The summed E-state index contributed by atoms with van der Waals surface area (Å²) in [6.45, 7) is 8.69. The summed E-state index contributed by atoms with van der Waals surface area (Å²) in [5, 5.41) is 17.0. The van der Waals surface area contributed by atoms with Gasteiger partial charge in [-0.25, -0.2) is 0 Å². The lowest BCUT2D eigenvalue weighted by molar-refractivity contribution is -0.362. The molecule has 0 unspecified atom stereocenters. The van der Waals surface area contributed by atoms with E-state index in [0.29, 0.717) is 36.5 Å². The van der Waals surface area contributed by atoms with Crippen molar-refractivity contribution in [2.75, 3.05) is 6.54 Å². The Morgan fingerprint density at radius 3 is 2.79 bits per heavy atom. The number of allylic oxidation sites excluding steroid dienone is 1. The van der Waals surface area contributed by atoms with Crippen molar-refractivity contribution < 1.29 is 19.1 Å². The van der Waals surface area contributed by atoms with E-state index in [4.69, 9.17) is 4.74 Å². The van der Waals surface area contributed by atoms with Crippen molar-refractivity contribution in [1.29, 1.82) is 0 Å². The number of hydrogen-bond donors (Lipinski definition) is 1. The summed E-state index contributed by atoms with van der Waals surface area (Å²) in [5.74, 6) is 0.424. The second-order valence-corrected chi connectivity index (χ2v) is 11.5. The molecular weight excluding hydrogens is 418 g/mol. The van der Waals surface area contributed by atoms with E-state index in [2.05, 4.69) is 19.2 Å². The van der Waals surface area contributed by atoms with E-state index in [1.807, 2.05) is 49.1 Å². The molecular formula is C26H27N3O4. The van der Waals surface area contributed by atoms with Gasteiger partial charge in [-0.15, -0.1) is 0 Å². The van der Waals surface area contributed by atoms with Crippen LogP contribution in [0.3, 0.4) is 0 Å². The minimum Gasteiger partial charge on any atom is -0.618 e. The Kier molecular flexibility index (Phi) is 3.14. The van der Waals surface area contributed by atoms with Crippen LogP contribution < -0.4 is 10.1 Å². The lowest BCUT2D eigenvalue weighted by atomic mass is 9.51. The Morgan fingerprint density at radius 1 is 1.21 bits per heavy atom. The highest BCUT2D eigenvalue weighted by Crippen LogP contribution is 2.61. The molecule has 2 bridgehead atoms. The third-order valence-electron chi connectivity index (χ3n) is 8.93. The normalized spacial score (nSPS) is 35.8. The molecule has 7 aliphatic rings. The minimum absolute atomic E-state index is 0.0238. The maximum absolute atomic E-state index is 13.9. The Labute approximate surface area is 192 Å². The lowest BCUT2D eigenvalue weighted by Crippen LogP contribution is -2.83. The molecule has 7 heteroatoms. The van der Waals surface area contributed by atoms with Gasteiger partial charge in [-0.2, -0.15) is 4.74 Å². The van der Waals surface area contributed by atoms with Crippen LogP contribution in [0.5, 0.6) is 5.75 Å². The van der Waals surface area contributed by atoms with E-state index in [1.54, 1.807) is 0 Å². The molecule has 170 valence electrons. The molecule has 8 rings (SSSR count). The standard InChI is InChI=1S/C26H27N3O4/c1-23(2)10-8-15-17(33-23)7-6-14-16-12-26-18(24(3,4)20(16)29(32)19(14)15)13-25(21(30)27-26)9-5-11-28(25)22(26)31/h6-8,10,12,18H,5,9,11,13H2,1-4H3,(H,27,30)/t18-,25-,26-/m0/s1. The average Bonchev–Trinajstić information content (AvgIpc) is 3.29. The fourth-order valence-corrected chi connectivity index (χ4v) is 7.43. The molecule has 0 radical (unpaired) electrons. The van der Waals surface area contributed by atoms with Gasteiger partial charge in [0, 0.05) is 12.5 Å². The molecule has 6 heterocycles. The number of carbonyl (C=O) groups excluding carboxylic acids is 2. The smallest absolute Gasteiger partial charge is 0.253 e. The van der Waals surface area contributed by atoms with Crippen LogP contribution in [0.2, 0.25) is 0 Å². The second kappa shape index (κ2) is 5.34. The van der Waals surface area contributed by atoms with Gasteiger partial charge in [0.25, 0.3) is 5.91 Å². The molecule has 2 amide bonds. The first kappa shape index (κ1) is 19.4. The number of nitrogens with zero attached hydrogens (tertiary/aromatic N) is 2. The minimum atomic E-state index is -1.11. The van der Waals surface area contributed by atoms with Gasteiger partial charge in [0.15, 0.2) is 0 Å². The van der Waals surface area contributed by atoms with Crippen LogP contribution in [0, 0.1) is 16.5 Å². The molecule has 1 aromatic rings. The number of benzene rings is 1. The highest BCUT2D eigenvalue weighted by Gasteiger charge is 2.74. The second-order valence-electron chi connectivity index (χ2n) is 11.5. The van der Waals surface area contributed by atoms with Crippen LogP contribution in [0.25, 0.3) is 11.6 Å². The van der Waals surface area contributed by atoms with Gasteiger partial charge in [-0.05, 0) is 77.3 Å². The predicted molar refractivity (Wildman–Crippen MR) is 123 cm³/mol. The largest absolute Gasteiger partial charge is 0.618 e. The van der Waals surface area contributed by atoms with Crippen LogP contribution in [0.15, 0.2) is 24.3 Å². The maximum Gasteiger partial charge on any atom is 0.253 e. The number of piperazine rings is 1. The van der Waals surface area contributed by atoms with E-state index in [9.17, 15) is 14.8 Å². The number of nitrogens with one attached hydrogen (secondary N) is 1. The molecule has 6 aliphatic heterocycles. The Hall–Kier alpha value is -3.09. The molecule has 0 aromatic heterocycles. The van der Waals surface area contributed by atoms with Gasteiger partial charge in [-0.1, -0.05) is 0 Å². The molecule has 4 fully saturated rings. The first-order chi connectivity index (χ1) is 15.5. The first-order valence-electron chi connectivity index (χ1n) is 11.8. The Balaban J connectivity index is 1.49. The summed E-state index contributed by atoms with van der Waals surface area (Å²) >= 11 is 0. The van der Waals surface area contributed by atoms with Gasteiger partial charge in [-0.3, -0.25) is 9.59 Å². The predicted octanol–water partition coefficient (Wildman–Crippen LogP) is 3.14.